The standard InChI is InChI=1S/C53H36N2S3/c1-2-16-36(17-3-1)55(45-21-10-14-34-13-4-5-18-39(34)45)46-22-12-26-50-44(46)31-35-15-11-23-47(53(35)58-50)54(37-28-30-51-43(32-37)41-20-7-9-25-49(41)56-51)38-27-29-42-40-19-6-8-24-48(40)57-52(42)33-38/h1-3,5-12,14-30,32-33H,4,13,31H2. The molecule has 1 aliphatic carbocycles. The van der Waals surface area contributed by atoms with Crippen LogP contribution in [0.4, 0.5) is 34.1 Å². The van der Waals surface area contributed by atoms with E-state index in [1.807, 2.05) is 34.4 Å². The van der Waals surface area contributed by atoms with Crippen LogP contribution in [-0.2, 0) is 12.8 Å². The first-order valence-corrected chi connectivity index (χ1v) is 22.4. The minimum atomic E-state index is 0.841. The highest BCUT2D eigenvalue weighted by Gasteiger charge is 2.29. The maximum absolute atomic E-state index is 2.51. The van der Waals surface area contributed by atoms with Crippen molar-refractivity contribution in [3.05, 3.63) is 198 Å². The van der Waals surface area contributed by atoms with Gasteiger partial charge >= 0.3 is 0 Å². The molecule has 0 bridgehead atoms. The Labute approximate surface area is 349 Å². The molecule has 0 spiro atoms. The minimum absolute atomic E-state index is 0.841. The summed E-state index contributed by atoms with van der Waals surface area (Å²) in [6.45, 7) is 0. The van der Waals surface area contributed by atoms with E-state index in [0.29, 0.717) is 0 Å². The summed E-state index contributed by atoms with van der Waals surface area (Å²) in [6.07, 6.45) is 7.66. The summed E-state index contributed by atoms with van der Waals surface area (Å²) in [6, 6.07) is 63.2. The molecule has 0 unspecified atom stereocenters. The van der Waals surface area contributed by atoms with Gasteiger partial charge in [-0.15, -0.1) is 22.7 Å². The molecule has 10 aromatic rings. The predicted molar refractivity (Wildman–Crippen MR) is 252 cm³/mol. The van der Waals surface area contributed by atoms with Crippen molar-refractivity contribution in [3.8, 4) is 0 Å². The van der Waals surface area contributed by atoms with Gasteiger partial charge in [0.05, 0.1) is 17.1 Å². The van der Waals surface area contributed by atoms with E-state index in [2.05, 4.69) is 192 Å². The number of thiophene rings is 2. The van der Waals surface area contributed by atoms with Crippen LogP contribution in [0.1, 0.15) is 28.7 Å². The van der Waals surface area contributed by atoms with Crippen molar-refractivity contribution in [2.45, 2.75) is 29.1 Å². The fourth-order valence-corrected chi connectivity index (χ4v) is 12.5. The van der Waals surface area contributed by atoms with Crippen LogP contribution in [0.15, 0.2) is 186 Å². The van der Waals surface area contributed by atoms with E-state index in [4.69, 9.17) is 0 Å². The number of aryl methyl sites for hydroxylation is 1. The fourth-order valence-electron chi connectivity index (χ4n) is 9.11. The van der Waals surface area contributed by atoms with Crippen LogP contribution in [-0.4, -0.2) is 0 Å². The summed E-state index contributed by atoms with van der Waals surface area (Å²) in [5, 5.41) is 5.25. The lowest BCUT2D eigenvalue weighted by Gasteiger charge is -2.34. The van der Waals surface area contributed by atoms with Gasteiger partial charge in [-0.25, -0.2) is 0 Å². The van der Waals surface area contributed by atoms with Crippen LogP contribution in [0.5, 0.6) is 0 Å². The van der Waals surface area contributed by atoms with Gasteiger partial charge in [0.25, 0.3) is 0 Å². The summed E-state index contributed by atoms with van der Waals surface area (Å²) >= 11 is 5.67. The molecular weight excluding hydrogens is 761 g/mol. The van der Waals surface area contributed by atoms with Crippen molar-refractivity contribution in [1.82, 2.24) is 0 Å². The number of hydrogen-bond acceptors (Lipinski definition) is 5. The fraction of sp³-hybridized carbons (Fsp3) is 0.0566. The zero-order valence-corrected chi connectivity index (χ0v) is 34.0. The molecule has 2 nitrogen and oxygen atoms in total. The number of para-hydroxylation sites is 1. The molecule has 0 saturated carbocycles. The third-order valence-electron chi connectivity index (χ3n) is 11.8. The van der Waals surface area contributed by atoms with Crippen molar-refractivity contribution in [3.63, 3.8) is 0 Å². The van der Waals surface area contributed by atoms with E-state index in [-0.39, 0.29) is 0 Å². The highest BCUT2D eigenvalue weighted by Crippen LogP contribution is 2.53. The molecule has 0 saturated heterocycles. The Morgan fingerprint density at radius 2 is 1.09 bits per heavy atom. The van der Waals surface area contributed by atoms with E-state index in [1.54, 1.807) is 0 Å². The lowest BCUT2D eigenvalue weighted by Crippen LogP contribution is -2.17. The van der Waals surface area contributed by atoms with Crippen LogP contribution in [0, 0.1) is 0 Å². The molecule has 12 rings (SSSR count). The number of anilines is 6. The molecule has 0 amide bonds. The summed E-state index contributed by atoms with van der Waals surface area (Å²) in [5.74, 6) is 0. The third kappa shape index (κ3) is 5.53. The molecule has 3 heterocycles. The first kappa shape index (κ1) is 34.0. The van der Waals surface area contributed by atoms with Crippen molar-refractivity contribution in [2.24, 2.45) is 0 Å². The number of allylic oxidation sites excluding steroid dienone is 1. The number of fused-ring (bicyclic) bond motifs is 9. The maximum Gasteiger partial charge on any atom is 0.0604 e. The molecule has 0 radical (unpaired) electrons. The topological polar surface area (TPSA) is 6.48 Å². The van der Waals surface area contributed by atoms with Gasteiger partial charge in [0.2, 0.25) is 0 Å². The summed E-state index contributed by atoms with van der Waals surface area (Å²) in [4.78, 5) is 7.62. The second-order valence-corrected chi connectivity index (χ2v) is 18.4. The predicted octanol–water partition coefficient (Wildman–Crippen LogP) is 16.4. The average Bonchev–Trinajstić information content (AvgIpc) is 3.84. The maximum atomic E-state index is 2.51. The molecule has 0 fully saturated rings. The Morgan fingerprint density at radius 1 is 0.431 bits per heavy atom. The largest absolute Gasteiger partial charge is 0.310 e. The zero-order chi connectivity index (χ0) is 38.2. The Morgan fingerprint density at radius 3 is 1.95 bits per heavy atom. The quantitative estimate of drug-likeness (QED) is 0.165. The number of rotatable bonds is 6. The lowest BCUT2D eigenvalue weighted by molar-refractivity contribution is 0.982. The average molecular weight is 797 g/mol. The van der Waals surface area contributed by atoms with Gasteiger partial charge in [-0.05, 0) is 108 Å². The van der Waals surface area contributed by atoms with Gasteiger partial charge in [-0.3, -0.25) is 0 Å². The number of hydrogen-bond donors (Lipinski definition) is 0. The van der Waals surface area contributed by atoms with Crippen LogP contribution < -0.4 is 9.80 Å². The van der Waals surface area contributed by atoms with Gasteiger partial charge < -0.3 is 9.80 Å². The van der Waals surface area contributed by atoms with Gasteiger partial charge in [0.15, 0.2) is 0 Å². The highest BCUT2D eigenvalue weighted by molar-refractivity contribution is 7.99. The van der Waals surface area contributed by atoms with E-state index in [9.17, 15) is 0 Å². The van der Waals surface area contributed by atoms with Crippen molar-refractivity contribution in [1.29, 1.82) is 0 Å². The number of nitrogens with zero attached hydrogens (tertiary/aromatic N) is 2. The first-order valence-electron chi connectivity index (χ1n) is 19.9. The molecule has 1 aliphatic heterocycles. The number of benzene rings is 8. The molecule has 2 aromatic heterocycles. The molecule has 5 heteroatoms. The van der Waals surface area contributed by atoms with Gasteiger partial charge in [-0.2, -0.15) is 0 Å². The second kappa shape index (κ2) is 13.8. The normalized spacial score (nSPS) is 13.2. The molecule has 0 N–H and O–H groups in total. The first-order chi connectivity index (χ1) is 28.7. The Bertz CT molecular complexity index is 3260. The van der Waals surface area contributed by atoms with Crippen LogP contribution >= 0.6 is 34.4 Å². The lowest BCUT2D eigenvalue weighted by atomic mass is 9.94. The summed E-state index contributed by atoms with van der Waals surface area (Å²) in [7, 11) is 0. The Kier molecular flexibility index (Phi) is 8.07. The second-order valence-electron chi connectivity index (χ2n) is 15.2. The molecular formula is C53H36N2S3. The zero-order valence-electron chi connectivity index (χ0n) is 31.6. The monoisotopic (exact) mass is 796 g/mol. The highest BCUT2D eigenvalue weighted by atomic mass is 32.2. The summed E-state index contributed by atoms with van der Waals surface area (Å²) in [5.41, 5.74) is 12.6. The SMILES string of the molecule is C1=Cc2c(cccc2N(c2ccccc2)c2cccc3c2Cc2cccc(N(c4ccc5c(c4)sc4ccccc45)c4ccc5sc6ccccc6c5c4)c2S3)CC1. The van der Waals surface area contributed by atoms with Crippen molar-refractivity contribution < 1.29 is 0 Å². The van der Waals surface area contributed by atoms with Gasteiger partial charge in [0, 0.05) is 79.2 Å². The van der Waals surface area contributed by atoms with E-state index in [0.717, 1.165) is 19.3 Å². The van der Waals surface area contributed by atoms with Crippen molar-refractivity contribution in [2.75, 3.05) is 9.80 Å². The molecule has 2 aliphatic rings. The van der Waals surface area contributed by atoms with Crippen LogP contribution in [0.25, 0.3) is 46.4 Å². The van der Waals surface area contributed by atoms with Gasteiger partial charge in [-0.1, -0.05) is 115 Å². The van der Waals surface area contributed by atoms with Gasteiger partial charge in [0.1, 0.15) is 0 Å². The minimum Gasteiger partial charge on any atom is -0.310 e. The third-order valence-corrected chi connectivity index (χ3v) is 15.3. The Hall–Kier alpha value is -6.11. The molecule has 58 heavy (non-hydrogen) atoms. The summed E-state index contributed by atoms with van der Waals surface area (Å²) < 4.78 is 5.26. The van der Waals surface area contributed by atoms with E-state index in [1.165, 1.54) is 107 Å². The Balaban J connectivity index is 1.03. The van der Waals surface area contributed by atoms with E-state index < -0.39 is 0 Å². The molecule has 8 aromatic carbocycles. The molecule has 276 valence electrons. The molecule has 0 atom stereocenters. The van der Waals surface area contributed by atoms with Crippen molar-refractivity contribution >= 4 is 115 Å². The van der Waals surface area contributed by atoms with Crippen LogP contribution in [0.3, 0.4) is 0 Å². The van der Waals surface area contributed by atoms with Crippen LogP contribution in [0.2, 0.25) is 0 Å². The van der Waals surface area contributed by atoms with E-state index >= 15 is 0 Å². The smallest absolute Gasteiger partial charge is 0.0604 e.